The Kier molecular flexibility index (Phi) is 8.67. The number of ketones is 1. The quantitative estimate of drug-likeness (QED) is 0.307. The van der Waals surface area contributed by atoms with Crippen molar-refractivity contribution in [3.05, 3.63) is 70.3 Å². The minimum Gasteiger partial charge on any atom is -0.507 e. The number of hydrogen-bond donors (Lipinski definition) is 1. The monoisotopic (exact) mass is 506 g/mol. The second kappa shape index (κ2) is 11.9. The fraction of sp³-hybridized carbons (Fsp3) is 0.467. The van der Waals surface area contributed by atoms with E-state index in [0.717, 1.165) is 42.7 Å². The van der Waals surface area contributed by atoms with Gasteiger partial charge in [-0.15, -0.1) is 0 Å². The van der Waals surface area contributed by atoms with Gasteiger partial charge in [0.05, 0.1) is 31.4 Å². The number of hydrogen-bond acceptors (Lipinski definition) is 6. The Labute approximate surface area is 219 Å². The van der Waals surface area contributed by atoms with Gasteiger partial charge in [-0.05, 0) is 55.5 Å². The standard InChI is InChI=1S/C30H38N2O5/c1-20(2)19-37-24-10-11-25(22(4)18-24)28(33)26-27(23-8-6-21(3)7-9-23)32(30(35)29(26)34)13-5-12-31-14-16-36-17-15-31/h6-11,18,20,27,33H,5,12-17,19H2,1-4H3/b28-26+/t27-/m1/s1. The van der Waals surface area contributed by atoms with E-state index >= 15 is 0 Å². The van der Waals surface area contributed by atoms with Gasteiger partial charge in [0.15, 0.2) is 0 Å². The van der Waals surface area contributed by atoms with E-state index in [1.807, 2.05) is 44.2 Å². The highest BCUT2D eigenvalue weighted by atomic mass is 16.5. The number of aryl methyl sites for hydroxylation is 2. The van der Waals surface area contributed by atoms with Gasteiger partial charge in [0.2, 0.25) is 0 Å². The molecule has 7 nitrogen and oxygen atoms in total. The summed E-state index contributed by atoms with van der Waals surface area (Å²) in [5.74, 6) is -0.256. The van der Waals surface area contributed by atoms with Crippen LogP contribution in [0.4, 0.5) is 0 Å². The second-order valence-electron chi connectivity index (χ2n) is 10.4. The van der Waals surface area contributed by atoms with Crippen molar-refractivity contribution in [1.29, 1.82) is 0 Å². The van der Waals surface area contributed by atoms with E-state index in [9.17, 15) is 14.7 Å². The van der Waals surface area contributed by atoms with Crippen LogP contribution in [-0.2, 0) is 14.3 Å². The van der Waals surface area contributed by atoms with Gasteiger partial charge < -0.3 is 19.5 Å². The number of Topliss-reactive ketones (excluding diaryl/α,β-unsaturated/α-hetero) is 1. The zero-order chi connectivity index (χ0) is 26.5. The lowest BCUT2D eigenvalue weighted by molar-refractivity contribution is -0.140. The summed E-state index contributed by atoms with van der Waals surface area (Å²) >= 11 is 0. The summed E-state index contributed by atoms with van der Waals surface area (Å²) in [4.78, 5) is 30.5. The first-order valence-corrected chi connectivity index (χ1v) is 13.1. The van der Waals surface area contributed by atoms with Crippen LogP contribution in [0.1, 0.15) is 48.6 Å². The van der Waals surface area contributed by atoms with Crippen LogP contribution in [0.25, 0.3) is 5.76 Å². The maximum Gasteiger partial charge on any atom is 0.295 e. The number of morpholine rings is 1. The van der Waals surface area contributed by atoms with Crippen molar-refractivity contribution in [2.24, 2.45) is 5.92 Å². The van der Waals surface area contributed by atoms with E-state index in [0.29, 0.717) is 43.6 Å². The average Bonchev–Trinajstić information content (AvgIpc) is 3.13. The third kappa shape index (κ3) is 6.22. The van der Waals surface area contributed by atoms with Crippen molar-refractivity contribution in [3.63, 3.8) is 0 Å². The van der Waals surface area contributed by atoms with Crippen molar-refractivity contribution < 1.29 is 24.2 Å². The topological polar surface area (TPSA) is 79.3 Å². The number of ether oxygens (including phenoxy) is 2. The van der Waals surface area contributed by atoms with E-state index in [1.54, 1.807) is 17.0 Å². The maximum atomic E-state index is 13.3. The van der Waals surface area contributed by atoms with Gasteiger partial charge in [0.1, 0.15) is 11.5 Å². The second-order valence-corrected chi connectivity index (χ2v) is 10.4. The molecule has 2 aromatic rings. The summed E-state index contributed by atoms with van der Waals surface area (Å²) in [5, 5.41) is 11.4. The zero-order valence-electron chi connectivity index (χ0n) is 22.3. The molecular weight excluding hydrogens is 468 g/mol. The van der Waals surface area contributed by atoms with Crippen LogP contribution in [0.2, 0.25) is 0 Å². The molecule has 198 valence electrons. The largest absolute Gasteiger partial charge is 0.507 e. The molecule has 0 spiro atoms. The smallest absolute Gasteiger partial charge is 0.295 e. The molecule has 2 heterocycles. The van der Waals surface area contributed by atoms with Crippen molar-refractivity contribution in [2.75, 3.05) is 46.0 Å². The molecule has 2 aromatic carbocycles. The SMILES string of the molecule is Cc1ccc([C@@H]2/C(=C(\O)c3ccc(OCC(C)C)cc3C)C(=O)C(=O)N2CCCN2CCOCC2)cc1. The molecule has 37 heavy (non-hydrogen) atoms. The van der Waals surface area contributed by atoms with Crippen LogP contribution in [0.15, 0.2) is 48.0 Å². The number of carbonyl (C=O) groups is 2. The maximum absolute atomic E-state index is 13.3. The first-order chi connectivity index (χ1) is 17.8. The van der Waals surface area contributed by atoms with Gasteiger partial charge in [0.25, 0.3) is 11.7 Å². The van der Waals surface area contributed by atoms with Gasteiger partial charge >= 0.3 is 0 Å². The average molecular weight is 507 g/mol. The zero-order valence-corrected chi connectivity index (χ0v) is 22.3. The Hall–Kier alpha value is -3.16. The van der Waals surface area contributed by atoms with Crippen molar-refractivity contribution in [1.82, 2.24) is 9.80 Å². The van der Waals surface area contributed by atoms with E-state index in [1.165, 1.54) is 0 Å². The van der Waals surface area contributed by atoms with Gasteiger partial charge in [-0.1, -0.05) is 43.7 Å². The highest BCUT2D eigenvalue weighted by molar-refractivity contribution is 6.46. The lowest BCUT2D eigenvalue weighted by Crippen LogP contribution is -2.38. The minimum absolute atomic E-state index is 0.138. The molecule has 1 N–H and O–H groups in total. The van der Waals surface area contributed by atoms with E-state index in [-0.39, 0.29) is 11.3 Å². The molecule has 0 saturated carbocycles. The number of likely N-dealkylation sites (tertiary alicyclic amines) is 1. The molecule has 2 saturated heterocycles. The van der Waals surface area contributed by atoms with Crippen molar-refractivity contribution in [3.8, 4) is 5.75 Å². The van der Waals surface area contributed by atoms with Crippen molar-refractivity contribution >= 4 is 17.4 Å². The van der Waals surface area contributed by atoms with Crippen LogP contribution in [0.5, 0.6) is 5.75 Å². The number of aliphatic hydroxyl groups excluding tert-OH is 1. The highest BCUT2D eigenvalue weighted by Gasteiger charge is 2.46. The third-order valence-corrected chi connectivity index (χ3v) is 6.95. The van der Waals surface area contributed by atoms with Crippen LogP contribution >= 0.6 is 0 Å². The summed E-state index contributed by atoms with van der Waals surface area (Å²) in [6.07, 6.45) is 0.732. The molecule has 0 bridgehead atoms. The Morgan fingerprint density at radius 3 is 2.41 bits per heavy atom. The Morgan fingerprint density at radius 2 is 1.76 bits per heavy atom. The summed E-state index contributed by atoms with van der Waals surface area (Å²) in [6.45, 7) is 13.0. The minimum atomic E-state index is -0.644. The number of rotatable bonds is 9. The van der Waals surface area contributed by atoms with Gasteiger partial charge in [-0.25, -0.2) is 0 Å². The van der Waals surface area contributed by atoms with Crippen molar-refractivity contribution in [2.45, 2.75) is 40.2 Å². The number of amides is 1. The van der Waals surface area contributed by atoms with Gasteiger partial charge in [0, 0.05) is 31.7 Å². The summed E-state index contributed by atoms with van der Waals surface area (Å²) in [5.41, 5.74) is 3.34. The molecule has 2 fully saturated rings. The molecule has 0 radical (unpaired) electrons. The van der Waals surface area contributed by atoms with E-state index in [2.05, 4.69) is 18.7 Å². The lowest BCUT2D eigenvalue weighted by Gasteiger charge is -2.29. The molecule has 0 aliphatic carbocycles. The molecule has 0 aromatic heterocycles. The number of aliphatic hydroxyl groups is 1. The highest BCUT2D eigenvalue weighted by Crippen LogP contribution is 2.40. The predicted molar refractivity (Wildman–Crippen MR) is 144 cm³/mol. The molecule has 1 atom stereocenters. The molecular formula is C30H38N2O5. The van der Waals surface area contributed by atoms with Crippen LogP contribution in [-0.4, -0.2) is 72.6 Å². The third-order valence-electron chi connectivity index (χ3n) is 6.95. The fourth-order valence-electron chi connectivity index (χ4n) is 4.89. The first kappa shape index (κ1) is 26.9. The molecule has 1 amide bonds. The Morgan fingerprint density at radius 1 is 1.05 bits per heavy atom. The predicted octanol–water partition coefficient (Wildman–Crippen LogP) is 4.48. The van der Waals surface area contributed by atoms with E-state index in [4.69, 9.17) is 9.47 Å². The summed E-state index contributed by atoms with van der Waals surface area (Å²) < 4.78 is 11.2. The van der Waals surface area contributed by atoms with Gasteiger partial charge in [-0.2, -0.15) is 0 Å². The van der Waals surface area contributed by atoms with E-state index < -0.39 is 17.7 Å². The molecule has 0 unspecified atom stereocenters. The van der Waals surface area contributed by atoms with Crippen LogP contribution in [0.3, 0.4) is 0 Å². The van der Waals surface area contributed by atoms with Crippen LogP contribution in [0, 0.1) is 19.8 Å². The number of nitrogens with zero attached hydrogens (tertiary/aromatic N) is 2. The fourth-order valence-corrected chi connectivity index (χ4v) is 4.89. The Bertz CT molecular complexity index is 1150. The first-order valence-electron chi connectivity index (χ1n) is 13.1. The summed E-state index contributed by atoms with van der Waals surface area (Å²) in [6, 6.07) is 12.6. The summed E-state index contributed by atoms with van der Waals surface area (Å²) in [7, 11) is 0. The van der Waals surface area contributed by atoms with Gasteiger partial charge in [-0.3, -0.25) is 14.5 Å². The Balaban J connectivity index is 1.65. The molecule has 2 aliphatic rings. The number of carbonyl (C=O) groups excluding carboxylic acids is 2. The normalized spacial score (nSPS) is 20.1. The molecule has 4 rings (SSSR count). The van der Waals surface area contributed by atoms with Crippen LogP contribution < -0.4 is 4.74 Å². The number of benzene rings is 2. The molecule has 2 aliphatic heterocycles. The lowest BCUT2D eigenvalue weighted by atomic mass is 9.93. The molecule has 7 heteroatoms.